The van der Waals surface area contributed by atoms with Gasteiger partial charge < -0.3 is 15.4 Å². The first-order chi connectivity index (χ1) is 7.33. The van der Waals surface area contributed by atoms with Crippen LogP contribution in [0.5, 0.6) is 0 Å². The van der Waals surface area contributed by atoms with Gasteiger partial charge in [0.05, 0.1) is 12.1 Å². The molecule has 0 aliphatic heterocycles. The summed E-state index contributed by atoms with van der Waals surface area (Å²) in [5.41, 5.74) is 1.86. The van der Waals surface area contributed by atoms with E-state index in [2.05, 4.69) is 22.5 Å². The molecule has 0 aliphatic carbocycles. The number of nitrogens with one attached hydrogen (secondary N) is 2. The lowest BCUT2D eigenvalue weighted by atomic mass is 10.3. The van der Waals surface area contributed by atoms with Crippen LogP contribution >= 0.6 is 11.3 Å². The summed E-state index contributed by atoms with van der Waals surface area (Å²) in [7, 11) is 1.72. The molecule has 1 aromatic rings. The van der Waals surface area contributed by atoms with Crippen molar-refractivity contribution in [2.75, 3.05) is 26.8 Å². The van der Waals surface area contributed by atoms with Crippen LogP contribution in [0.4, 0.5) is 0 Å². The molecule has 0 bridgehead atoms. The average molecular weight is 229 g/mol. The van der Waals surface area contributed by atoms with Crippen molar-refractivity contribution in [2.24, 2.45) is 0 Å². The molecule has 1 rings (SSSR count). The average Bonchev–Trinajstić information content (AvgIpc) is 2.74. The van der Waals surface area contributed by atoms with Gasteiger partial charge in [-0.05, 0) is 6.92 Å². The maximum absolute atomic E-state index is 4.95. The molecule has 86 valence electrons. The van der Waals surface area contributed by atoms with E-state index in [1.54, 1.807) is 18.4 Å². The maximum Gasteiger partial charge on any atom is 0.0794 e. The normalized spacial score (nSPS) is 12.9. The van der Waals surface area contributed by atoms with Gasteiger partial charge in [0.25, 0.3) is 0 Å². The third-order valence-electron chi connectivity index (χ3n) is 2.04. The van der Waals surface area contributed by atoms with Crippen LogP contribution in [0.25, 0.3) is 0 Å². The van der Waals surface area contributed by atoms with Gasteiger partial charge in [0, 0.05) is 43.9 Å². The molecule has 0 radical (unpaired) electrons. The number of rotatable bonds is 8. The predicted molar refractivity (Wildman–Crippen MR) is 63.2 cm³/mol. The van der Waals surface area contributed by atoms with E-state index in [4.69, 9.17) is 4.74 Å². The highest BCUT2D eigenvalue weighted by Gasteiger charge is 2.01. The van der Waals surface area contributed by atoms with Crippen LogP contribution < -0.4 is 10.6 Å². The van der Waals surface area contributed by atoms with E-state index < -0.39 is 0 Å². The van der Waals surface area contributed by atoms with Gasteiger partial charge in [-0.15, -0.1) is 11.3 Å². The molecule has 0 aliphatic rings. The summed E-state index contributed by atoms with van der Waals surface area (Å²) in [5.74, 6) is 0. The molecular formula is C10H19N3OS. The molecule has 0 saturated carbocycles. The SMILES string of the molecule is COCCNCC(C)NCc1cncs1. The molecular weight excluding hydrogens is 210 g/mol. The van der Waals surface area contributed by atoms with Crippen LogP contribution in [-0.4, -0.2) is 37.8 Å². The third kappa shape index (κ3) is 5.84. The number of nitrogens with zero attached hydrogens (tertiary/aromatic N) is 1. The third-order valence-corrected chi connectivity index (χ3v) is 2.82. The van der Waals surface area contributed by atoms with E-state index in [0.29, 0.717) is 6.04 Å². The Balaban J connectivity index is 2.01. The summed E-state index contributed by atoms with van der Waals surface area (Å²) in [6.45, 7) is 5.70. The van der Waals surface area contributed by atoms with Crippen LogP contribution in [-0.2, 0) is 11.3 Å². The summed E-state index contributed by atoms with van der Waals surface area (Å²) < 4.78 is 4.95. The molecule has 5 heteroatoms. The molecule has 1 aromatic heterocycles. The Hall–Kier alpha value is -0.490. The molecule has 0 aromatic carbocycles. The zero-order valence-corrected chi connectivity index (χ0v) is 10.1. The Morgan fingerprint density at radius 1 is 1.60 bits per heavy atom. The second-order valence-corrected chi connectivity index (χ2v) is 4.42. The van der Waals surface area contributed by atoms with Crippen LogP contribution in [0, 0.1) is 0 Å². The first-order valence-electron chi connectivity index (χ1n) is 5.13. The minimum Gasteiger partial charge on any atom is -0.383 e. The van der Waals surface area contributed by atoms with Gasteiger partial charge in [0.1, 0.15) is 0 Å². The predicted octanol–water partition coefficient (Wildman–Crippen LogP) is 0.857. The summed E-state index contributed by atoms with van der Waals surface area (Å²) in [4.78, 5) is 5.31. The monoisotopic (exact) mass is 229 g/mol. The van der Waals surface area contributed by atoms with Crippen LogP contribution in [0.1, 0.15) is 11.8 Å². The fraction of sp³-hybridized carbons (Fsp3) is 0.700. The number of methoxy groups -OCH3 is 1. The van der Waals surface area contributed by atoms with Gasteiger partial charge >= 0.3 is 0 Å². The first-order valence-corrected chi connectivity index (χ1v) is 6.01. The maximum atomic E-state index is 4.95. The topological polar surface area (TPSA) is 46.2 Å². The van der Waals surface area contributed by atoms with E-state index in [9.17, 15) is 0 Å². The number of hydrogen-bond donors (Lipinski definition) is 2. The van der Waals surface area contributed by atoms with Gasteiger partial charge in [-0.2, -0.15) is 0 Å². The largest absolute Gasteiger partial charge is 0.383 e. The molecule has 0 fully saturated rings. The Morgan fingerprint density at radius 2 is 2.47 bits per heavy atom. The quantitative estimate of drug-likeness (QED) is 0.649. The van der Waals surface area contributed by atoms with Crippen molar-refractivity contribution in [3.63, 3.8) is 0 Å². The summed E-state index contributed by atoms with van der Waals surface area (Å²) in [5, 5.41) is 6.75. The summed E-state index contributed by atoms with van der Waals surface area (Å²) >= 11 is 1.68. The highest BCUT2D eigenvalue weighted by Crippen LogP contribution is 2.04. The molecule has 2 N–H and O–H groups in total. The van der Waals surface area contributed by atoms with Crippen molar-refractivity contribution in [1.29, 1.82) is 0 Å². The van der Waals surface area contributed by atoms with Crippen molar-refractivity contribution < 1.29 is 4.74 Å². The number of aromatic nitrogens is 1. The second-order valence-electron chi connectivity index (χ2n) is 3.45. The molecule has 1 atom stereocenters. The number of hydrogen-bond acceptors (Lipinski definition) is 5. The molecule has 4 nitrogen and oxygen atoms in total. The van der Waals surface area contributed by atoms with E-state index >= 15 is 0 Å². The lowest BCUT2D eigenvalue weighted by molar-refractivity contribution is 0.198. The molecule has 15 heavy (non-hydrogen) atoms. The fourth-order valence-corrected chi connectivity index (χ4v) is 1.71. The molecule has 0 amide bonds. The Kier molecular flexibility index (Phi) is 6.50. The van der Waals surface area contributed by atoms with E-state index in [0.717, 1.165) is 26.2 Å². The van der Waals surface area contributed by atoms with E-state index in [1.807, 2.05) is 11.7 Å². The Bertz CT molecular complexity index is 241. The van der Waals surface area contributed by atoms with Gasteiger partial charge in [0.15, 0.2) is 0 Å². The van der Waals surface area contributed by atoms with Crippen molar-refractivity contribution >= 4 is 11.3 Å². The van der Waals surface area contributed by atoms with Gasteiger partial charge in [0.2, 0.25) is 0 Å². The number of ether oxygens (including phenoxy) is 1. The zero-order chi connectivity index (χ0) is 10.9. The fourth-order valence-electron chi connectivity index (χ4n) is 1.17. The number of thiazole rings is 1. The van der Waals surface area contributed by atoms with Crippen molar-refractivity contribution in [1.82, 2.24) is 15.6 Å². The lowest BCUT2D eigenvalue weighted by Gasteiger charge is -2.13. The minimum atomic E-state index is 0.462. The Labute approximate surface area is 95.1 Å². The first kappa shape index (κ1) is 12.6. The minimum absolute atomic E-state index is 0.462. The van der Waals surface area contributed by atoms with Crippen molar-refractivity contribution in [3.8, 4) is 0 Å². The van der Waals surface area contributed by atoms with Crippen LogP contribution in [0.2, 0.25) is 0 Å². The zero-order valence-electron chi connectivity index (χ0n) is 9.32. The summed E-state index contributed by atoms with van der Waals surface area (Å²) in [6, 6.07) is 0.462. The van der Waals surface area contributed by atoms with Crippen LogP contribution in [0.15, 0.2) is 11.7 Å². The molecule has 0 saturated heterocycles. The molecule has 1 heterocycles. The molecule has 1 unspecified atom stereocenters. The molecule has 0 spiro atoms. The second kappa shape index (κ2) is 7.76. The Morgan fingerprint density at radius 3 is 3.13 bits per heavy atom. The lowest BCUT2D eigenvalue weighted by Crippen LogP contribution is -2.36. The van der Waals surface area contributed by atoms with Gasteiger partial charge in [-0.1, -0.05) is 0 Å². The van der Waals surface area contributed by atoms with Crippen LogP contribution in [0.3, 0.4) is 0 Å². The highest BCUT2D eigenvalue weighted by atomic mass is 32.1. The van der Waals surface area contributed by atoms with E-state index in [1.165, 1.54) is 4.88 Å². The van der Waals surface area contributed by atoms with E-state index in [-0.39, 0.29) is 0 Å². The summed E-state index contributed by atoms with van der Waals surface area (Å²) in [6.07, 6.45) is 1.91. The highest BCUT2D eigenvalue weighted by molar-refractivity contribution is 7.09. The smallest absolute Gasteiger partial charge is 0.0794 e. The van der Waals surface area contributed by atoms with Crippen molar-refractivity contribution in [3.05, 3.63) is 16.6 Å². The van der Waals surface area contributed by atoms with Crippen molar-refractivity contribution in [2.45, 2.75) is 19.5 Å². The van der Waals surface area contributed by atoms with Gasteiger partial charge in [-0.3, -0.25) is 4.98 Å². The standard InChI is InChI=1S/C10H19N3OS/c1-9(5-11-3-4-14-2)13-7-10-6-12-8-15-10/h6,8-9,11,13H,3-5,7H2,1-2H3. The van der Waals surface area contributed by atoms with Gasteiger partial charge in [-0.25, -0.2) is 0 Å².